The van der Waals surface area contributed by atoms with E-state index in [-0.39, 0.29) is 17.6 Å². The van der Waals surface area contributed by atoms with Gasteiger partial charge in [0.25, 0.3) is 5.91 Å². The lowest BCUT2D eigenvalue weighted by Crippen LogP contribution is -2.47. The Balaban J connectivity index is 1.79. The number of ether oxygens (including phenoxy) is 1. The first kappa shape index (κ1) is 25.1. The predicted molar refractivity (Wildman–Crippen MR) is 138 cm³/mol. The molecule has 1 aliphatic carbocycles. The Morgan fingerprint density at radius 2 is 1.64 bits per heavy atom. The molecule has 0 bridgehead atoms. The van der Waals surface area contributed by atoms with E-state index in [4.69, 9.17) is 4.74 Å². The van der Waals surface area contributed by atoms with Crippen LogP contribution in [0.25, 0.3) is 0 Å². The van der Waals surface area contributed by atoms with E-state index in [1.807, 2.05) is 31.2 Å². The summed E-state index contributed by atoms with van der Waals surface area (Å²) >= 11 is 0. The van der Waals surface area contributed by atoms with Gasteiger partial charge in [-0.2, -0.15) is 0 Å². The third-order valence-electron chi connectivity index (χ3n) is 6.52. The molecule has 7 heteroatoms. The zero-order valence-corrected chi connectivity index (χ0v) is 20.6. The molecule has 1 aliphatic rings. The van der Waals surface area contributed by atoms with E-state index in [1.54, 1.807) is 48.7 Å². The second kappa shape index (κ2) is 11.6. The lowest BCUT2D eigenvalue weighted by molar-refractivity contribution is -0.123. The Hall–Kier alpha value is -4.00. The first-order valence-corrected chi connectivity index (χ1v) is 12.3. The highest BCUT2D eigenvalue weighted by atomic mass is 16.5. The molecule has 1 atom stereocenters. The van der Waals surface area contributed by atoms with E-state index in [9.17, 15) is 14.4 Å². The monoisotopic (exact) mass is 485 g/mol. The topological polar surface area (TPSA) is 88.6 Å². The minimum atomic E-state index is -0.925. The predicted octanol–water partition coefficient (Wildman–Crippen LogP) is 5.01. The largest absolute Gasteiger partial charge is 0.465 e. The molecule has 1 saturated carbocycles. The number of nitrogens with one attached hydrogen (secondary N) is 1. The average Bonchev–Trinajstić information content (AvgIpc) is 2.92. The van der Waals surface area contributed by atoms with Gasteiger partial charge in [-0.15, -0.1) is 0 Å². The highest BCUT2D eigenvalue weighted by molar-refractivity contribution is 6.09. The maximum Gasteiger partial charge on any atom is 0.337 e. The maximum atomic E-state index is 13.9. The number of nitrogens with zero attached hydrogens (tertiary/aromatic N) is 2. The normalized spacial score (nSPS) is 14.5. The van der Waals surface area contributed by atoms with Gasteiger partial charge in [-0.3, -0.25) is 19.5 Å². The van der Waals surface area contributed by atoms with Gasteiger partial charge in [-0.25, -0.2) is 4.79 Å². The molecular formula is C29H31N3O4. The SMILES string of the molecule is COC(=O)c1ccc(N(C(=O)c2ccccn2)[C@H](C(=O)NC2CCCCC2)c2ccc(C)cc2)cc1. The zero-order valence-electron chi connectivity index (χ0n) is 20.6. The average molecular weight is 486 g/mol. The van der Waals surface area contributed by atoms with Gasteiger partial charge in [0.15, 0.2) is 0 Å². The maximum absolute atomic E-state index is 13.9. The van der Waals surface area contributed by atoms with Crippen molar-refractivity contribution in [1.82, 2.24) is 10.3 Å². The summed E-state index contributed by atoms with van der Waals surface area (Å²) < 4.78 is 4.81. The number of benzene rings is 2. The second-order valence-electron chi connectivity index (χ2n) is 9.09. The van der Waals surface area contributed by atoms with Crippen LogP contribution in [0.15, 0.2) is 72.9 Å². The Morgan fingerprint density at radius 1 is 0.944 bits per heavy atom. The summed E-state index contributed by atoms with van der Waals surface area (Å²) in [5.74, 6) is -1.13. The minimum Gasteiger partial charge on any atom is -0.465 e. The number of pyridine rings is 1. The number of amides is 2. The number of anilines is 1. The zero-order chi connectivity index (χ0) is 25.5. The van der Waals surface area contributed by atoms with Crippen molar-refractivity contribution < 1.29 is 19.1 Å². The number of esters is 1. The van der Waals surface area contributed by atoms with E-state index in [0.717, 1.165) is 31.2 Å². The Morgan fingerprint density at radius 3 is 2.25 bits per heavy atom. The molecule has 3 aromatic rings. The van der Waals surface area contributed by atoms with Crippen molar-refractivity contribution in [3.63, 3.8) is 0 Å². The molecule has 0 aliphatic heterocycles. The van der Waals surface area contributed by atoms with Crippen LogP contribution in [0.5, 0.6) is 0 Å². The third kappa shape index (κ3) is 5.79. The molecular weight excluding hydrogens is 454 g/mol. The number of hydrogen-bond acceptors (Lipinski definition) is 5. The first-order chi connectivity index (χ1) is 17.5. The number of aromatic nitrogens is 1. The minimum absolute atomic E-state index is 0.0766. The number of carbonyl (C=O) groups is 3. The van der Waals surface area contributed by atoms with Gasteiger partial charge < -0.3 is 10.1 Å². The van der Waals surface area contributed by atoms with Crippen molar-refractivity contribution in [3.05, 3.63) is 95.3 Å². The standard InChI is InChI=1S/C29H31N3O4/c1-20-11-13-21(14-12-20)26(27(33)31-23-8-4-3-5-9-23)32(28(34)25-10-6-7-19-30-25)24-17-15-22(16-18-24)29(35)36-2/h6-7,10-19,23,26H,3-5,8-9H2,1-2H3,(H,31,33)/t26-/m0/s1. The Labute approximate surface area is 211 Å². The van der Waals surface area contributed by atoms with Gasteiger partial charge in [0.1, 0.15) is 11.7 Å². The summed E-state index contributed by atoms with van der Waals surface area (Å²) in [6, 6.07) is 18.4. The van der Waals surface area contributed by atoms with Crippen molar-refractivity contribution in [2.45, 2.75) is 51.1 Å². The van der Waals surface area contributed by atoms with Gasteiger partial charge in [0.2, 0.25) is 5.91 Å². The van der Waals surface area contributed by atoms with Crippen LogP contribution in [0.3, 0.4) is 0 Å². The molecule has 4 rings (SSSR count). The fraction of sp³-hybridized carbons (Fsp3) is 0.310. The van der Waals surface area contributed by atoms with Crippen molar-refractivity contribution in [3.8, 4) is 0 Å². The van der Waals surface area contributed by atoms with Crippen molar-refractivity contribution >= 4 is 23.5 Å². The van der Waals surface area contributed by atoms with Gasteiger partial charge in [0.05, 0.1) is 12.7 Å². The van der Waals surface area contributed by atoms with Gasteiger partial charge in [-0.05, 0) is 61.7 Å². The molecule has 7 nitrogen and oxygen atoms in total. The highest BCUT2D eigenvalue weighted by Crippen LogP contribution is 2.31. The summed E-state index contributed by atoms with van der Waals surface area (Å²) in [4.78, 5) is 45.5. The fourth-order valence-electron chi connectivity index (χ4n) is 4.57. The van der Waals surface area contributed by atoms with Gasteiger partial charge in [-0.1, -0.05) is 55.2 Å². The third-order valence-corrected chi connectivity index (χ3v) is 6.52. The fourth-order valence-corrected chi connectivity index (χ4v) is 4.57. The number of rotatable bonds is 7. The van der Waals surface area contributed by atoms with Crippen LogP contribution in [0.4, 0.5) is 5.69 Å². The second-order valence-corrected chi connectivity index (χ2v) is 9.09. The lowest BCUT2D eigenvalue weighted by atomic mass is 9.94. The lowest BCUT2D eigenvalue weighted by Gasteiger charge is -2.33. The molecule has 1 heterocycles. The van der Waals surface area contributed by atoms with E-state index in [1.165, 1.54) is 18.4 Å². The van der Waals surface area contributed by atoms with Crippen LogP contribution < -0.4 is 10.2 Å². The highest BCUT2D eigenvalue weighted by Gasteiger charge is 2.35. The molecule has 1 N–H and O–H groups in total. The van der Waals surface area contributed by atoms with Crippen LogP contribution >= 0.6 is 0 Å². The van der Waals surface area contributed by atoms with Crippen LogP contribution in [0.2, 0.25) is 0 Å². The summed E-state index contributed by atoms with van der Waals surface area (Å²) in [5.41, 5.74) is 2.79. The summed E-state index contributed by atoms with van der Waals surface area (Å²) in [5, 5.41) is 3.20. The van der Waals surface area contributed by atoms with Crippen LogP contribution in [0, 0.1) is 6.92 Å². The Kier molecular flexibility index (Phi) is 8.10. The van der Waals surface area contributed by atoms with Crippen LogP contribution in [0.1, 0.15) is 70.1 Å². The van der Waals surface area contributed by atoms with Crippen molar-refractivity contribution in [2.24, 2.45) is 0 Å². The van der Waals surface area contributed by atoms with Crippen LogP contribution in [-0.4, -0.2) is 35.9 Å². The molecule has 36 heavy (non-hydrogen) atoms. The molecule has 0 spiro atoms. The quantitative estimate of drug-likeness (QED) is 0.475. The summed E-state index contributed by atoms with van der Waals surface area (Å²) in [6.45, 7) is 1.98. The van der Waals surface area contributed by atoms with Crippen molar-refractivity contribution in [2.75, 3.05) is 12.0 Å². The van der Waals surface area contributed by atoms with Gasteiger partial charge >= 0.3 is 5.97 Å². The number of hydrogen-bond donors (Lipinski definition) is 1. The van der Waals surface area contributed by atoms with Crippen molar-refractivity contribution in [1.29, 1.82) is 0 Å². The van der Waals surface area contributed by atoms with Gasteiger partial charge in [0, 0.05) is 17.9 Å². The number of carbonyl (C=O) groups excluding carboxylic acids is 3. The molecule has 0 saturated heterocycles. The smallest absolute Gasteiger partial charge is 0.337 e. The molecule has 186 valence electrons. The van der Waals surface area contributed by atoms with E-state index >= 15 is 0 Å². The van der Waals surface area contributed by atoms with Crippen LogP contribution in [-0.2, 0) is 9.53 Å². The molecule has 2 amide bonds. The molecule has 1 fully saturated rings. The number of aryl methyl sites for hydroxylation is 1. The Bertz CT molecular complexity index is 1190. The van der Waals surface area contributed by atoms with E-state index < -0.39 is 17.9 Å². The first-order valence-electron chi connectivity index (χ1n) is 12.3. The van der Waals surface area contributed by atoms with E-state index in [2.05, 4.69) is 10.3 Å². The molecule has 2 aromatic carbocycles. The number of methoxy groups -OCH3 is 1. The summed E-state index contributed by atoms with van der Waals surface area (Å²) in [7, 11) is 1.32. The molecule has 1 aromatic heterocycles. The van der Waals surface area contributed by atoms with E-state index in [0.29, 0.717) is 16.8 Å². The molecule has 0 unspecified atom stereocenters. The summed E-state index contributed by atoms with van der Waals surface area (Å²) in [6.07, 6.45) is 6.72. The molecule has 0 radical (unpaired) electrons.